The normalized spacial score (nSPS) is 16.5. The molecule has 0 heterocycles. The maximum atomic E-state index is 11.8. The van der Waals surface area contributed by atoms with Crippen LogP contribution in [0, 0.1) is 0 Å². The molecule has 0 radical (unpaired) electrons. The number of guanidine groups is 1. The van der Waals surface area contributed by atoms with Gasteiger partial charge >= 0.3 is 0 Å². The van der Waals surface area contributed by atoms with Gasteiger partial charge < -0.3 is 16.0 Å². The highest BCUT2D eigenvalue weighted by Gasteiger charge is 2.15. The number of rotatable bonds is 5. The first-order chi connectivity index (χ1) is 9.11. The van der Waals surface area contributed by atoms with Gasteiger partial charge in [-0.25, -0.2) is 0 Å². The third-order valence-corrected chi connectivity index (χ3v) is 3.26. The second-order valence-corrected chi connectivity index (χ2v) is 5.45. The Hall–Kier alpha value is -0.530. The molecule has 1 aliphatic carbocycles. The summed E-state index contributed by atoms with van der Waals surface area (Å²) in [6.45, 7) is 4.73. The van der Waals surface area contributed by atoms with E-state index in [-0.39, 0.29) is 29.9 Å². The molecule has 0 aliphatic heterocycles. The van der Waals surface area contributed by atoms with Crippen molar-refractivity contribution in [3.05, 3.63) is 0 Å². The molecule has 118 valence electrons. The average Bonchev–Trinajstić information content (AvgIpc) is 2.38. The summed E-state index contributed by atoms with van der Waals surface area (Å²) >= 11 is 0. The van der Waals surface area contributed by atoms with E-state index in [0.717, 1.165) is 18.8 Å². The highest BCUT2D eigenvalue weighted by atomic mass is 127. The number of aliphatic imine (C=N–C) groups is 1. The summed E-state index contributed by atoms with van der Waals surface area (Å²) in [4.78, 5) is 15.9. The summed E-state index contributed by atoms with van der Waals surface area (Å²) in [6, 6.07) is 0.733. The van der Waals surface area contributed by atoms with Crippen LogP contribution in [0.25, 0.3) is 0 Å². The molecule has 6 heteroatoms. The van der Waals surface area contributed by atoms with Gasteiger partial charge in [-0.15, -0.1) is 24.0 Å². The van der Waals surface area contributed by atoms with Crippen LogP contribution in [-0.4, -0.2) is 37.5 Å². The van der Waals surface area contributed by atoms with Gasteiger partial charge in [0.1, 0.15) is 0 Å². The molecular weight excluding hydrogens is 367 g/mol. The highest BCUT2D eigenvalue weighted by molar-refractivity contribution is 14.0. The van der Waals surface area contributed by atoms with Crippen molar-refractivity contribution in [1.29, 1.82) is 0 Å². The number of nitrogens with zero attached hydrogens (tertiary/aromatic N) is 1. The van der Waals surface area contributed by atoms with Crippen molar-refractivity contribution >= 4 is 35.8 Å². The van der Waals surface area contributed by atoms with E-state index in [2.05, 4.69) is 34.8 Å². The van der Waals surface area contributed by atoms with Crippen molar-refractivity contribution in [3.63, 3.8) is 0 Å². The summed E-state index contributed by atoms with van der Waals surface area (Å²) in [5.41, 5.74) is 0. The third kappa shape index (κ3) is 8.60. The van der Waals surface area contributed by atoms with Crippen LogP contribution in [0.1, 0.15) is 52.4 Å². The van der Waals surface area contributed by atoms with Gasteiger partial charge in [-0.1, -0.05) is 19.3 Å². The number of carbonyl (C=O) groups is 1. The number of hydrogen-bond donors (Lipinski definition) is 3. The van der Waals surface area contributed by atoms with E-state index in [1.807, 2.05) is 0 Å². The molecule has 0 bridgehead atoms. The quantitative estimate of drug-likeness (QED) is 0.379. The summed E-state index contributed by atoms with van der Waals surface area (Å²) in [6.07, 6.45) is 6.56. The van der Waals surface area contributed by atoms with Crippen molar-refractivity contribution in [3.8, 4) is 0 Å². The summed E-state index contributed by atoms with van der Waals surface area (Å²) in [7, 11) is 1.74. The van der Waals surface area contributed by atoms with Crippen molar-refractivity contribution in [2.45, 2.75) is 64.5 Å². The fourth-order valence-electron chi connectivity index (χ4n) is 2.31. The molecule has 0 spiro atoms. The largest absolute Gasteiger partial charge is 0.356 e. The van der Waals surface area contributed by atoms with Crippen LogP contribution in [0.2, 0.25) is 0 Å². The Bertz CT molecular complexity index is 302. The van der Waals surface area contributed by atoms with Crippen LogP contribution < -0.4 is 16.0 Å². The van der Waals surface area contributed by atoms with Gasteiger partial charge in [-0.05, 0) is 26.7 Å². The number of nitrogens with one attached hydrogen (secondary N) is 3. The summed E-state index contributed by atoms with van der Waals surface area (Å²) in [5, 5.41) is 9.45. The smallest absolute Gasteiger partial charge is 0.221 e. The second-order valence-electron chi connectivity index (χ2n) is 5.45. The zero-order valence-corrected chi connectivity index (χ0v) is 15.2. The highest BCUT2D eigenvalue weighted by Crippen LogP contribution is 2.17. The Morgan fingerprint density at radius 2 is 1.90 bits per heavy atom. The summed E-state index contributed by atoms with van der Waals surface area (Å²) in [5.74, 6) is 0.889. The van der Waals surface area contributed by atoms with E-state index in [4.69, 9.17) is 0 Å². The lowest BCUT2D eigenvalue weighted by Crippen LogP contribution is -2.43. The molecule has 0 atom stereocenters. The Kier molecular flexibility index (Phi) is 10.9. The van der Waals surface area contributed by atoms with Gasteiger partial charge in [0.25, 0.3) is 0 Å². The lowest BCUT2D eigenvalue weighted by Gasteiger charge is -2.22. The molecule has 1 aliphatic rings. The molecule has 5 nitrogen and oxygen atoms in total. The van der Waals surface area contributed by atoms with Gasteiger partial charge in [0.05, 0.1) is 0 Å². The molecule has 1 rings (SSSR count). The first-order valence-corrected chi connectivity index (χ1v) is 7.38. The van der Waals surface area contributed by atoms with Gasteiger partial charge in [0, 0.05) is 32.1 Å². The zero-order chi connectivity index (χ0) is 14.1. The Balaban J connectivity index is 0.00000361. The van der Waals surface area contributed by atoms with Gasteiger partial charge in [0.15, 0.2) is 5.96 Å². The van der Waals surface area contributed by atoms with E-state index in [1.165, 1.54) is 19.3 Å². The van der Waals surface area contributed by atoms with Crippen molar-refractivity contribution in [1.82, 2.24) is 16.0 Å². The van der Waals surface area contributed by atoms with Crippen molar-refractivity contribution in [2.75, 3.05) is 13.6 Å². The summed E-state index contributed by atoms with van der Waals surface area (Å²) < 4.78 is 0. The van der Waals surface area contributed by atoms with Crippen LogP contribution in [0.15, 0.2) is 4.99 Å². The zero-order valence-electron chi connectivity index (χ0n) is 12.9. The Morgan fingerprint density at radius 3 is 2.45 bits per heavy atom. The molecule has 0 aromatic carbocycles. The van der Waals surface area contributed by atoms with Crippen molar-refractivity contribution < 1.29 is 4.79 Å². The van der Waals surface area contributed by atoms with Gasteiger partial charge in [-0.3, -0.25) is 9.79 Å². The molecular formula is C14H29IN4O. The topological polar surface area (TPSA) is 65.5 Å². The first-order valence-electron chi connectivity index (χ1n) is 7.38. The SMILES string of the molecule is CN=C(NCCC(=O)NC1CCCCC1)NC(C)C.I. The lowest BCUT2D eigenvalue weighted by molar-refractivity contribution is -0.121. The monoisotopic (exact) mass is 396 g/mol. The third-order valence-electron chi connectivity index (χ3n) is 3.26. The van der Waals surface area contributed by atoms with Gasteiger partial charge in [-0.2, -0.15) is 0 Å². The van der Waals surface area contributed by atoms with E-state index in [9.17, 15) is 4.79 Å². The molecule has 20 heavy (non-hydrogen) atoms. The number of amides is 1. The van der Waals surface area contributed by atoms with E-state index >= 15 is 0 Å². The molecule has 1 fully saturated rings. The van der Waals surface area contributed by atoms with Crippen LogP contribution in [0.4, 0.5) is 0 Å². The number of hydrogen-bond acceptors (Lipinski definition) is 2. The fraction of sp³-hybridized carbons (Fsp3) is 0.857. The molecule has 3 N–H and O–H groups in total. The van der Waals surface area contributed by atoms with Crippen molar-refractivity contribution in [2.24, 2.45) is 4.99 Å². The minimum absolute atomic E-state index is 0. The molecule has 1 amide bonds. The lowest BCUT2D eigenvalue weighted by atomic mass is 9.95. The molecule has 0 aromatic heterocycles. The Labute approximate surface area is 139 Å². The van der Waals surface area contributed by atoms with E-state index in [0.29, 0.717) is 25.0 Å². The average molecular weight is 396 g/mol. The standard InChI is InChI=1S/C14H28N4O.HI/c1-11(2)17-14(15-3)16-10-9-13(19)18-12-7-5-4-6-8-12;/h11-12H,4-10H2,1-3H3,(H,18,19)(H2,15,16,17);1H. The molecule has 0 saturated heterocycles. The number of halogens is 1. The second kappa shape index (κ2) is 11.2. The molecule has 0 aromatic rings. The predicted octanol–water partition coefficient (Wildman–Crippen LogP) is 2.02. The molecule has 1 saturated carbocycles. The van der Waals surface area contributed by atoms with Gasteiger partial charge in [0.2, 0.25) is 5.91 Å². The van der Waals surface area contributed by atoms with Crippen LogP contribution in [0.5, 0.6) is 0 Å². The minimum atomic E-state index is 0. The van der Waals surface area contributed by atoms with E-state index < -0.39 is 0 Å². The predicted molar refractivity (Wildman–Crippen MR) is 94.7 cm³/mol. The number of carbonyl (C=O) groups excluding carboxylic acids is 1. The van der Waals surface area contributed by atoms with Crippen LogP contribution in [-0.2, 0) is 4.79 Å². The maximum absolute atomic E-state index is 11.8. The minimum Gasteiger partial charge on any atom is -0.356 e. The fourth-order valence-corrected chi connectivity index (χ4v) is 2.31. The Morgan fingerprint density at radius 1 is 1.25 bits per heavy atom. The first kappa shape index (κ1) is 19.5. The van der Waals surface area contributed by atoms with Crippen LogP contribution >= 0.6 is 24.0 Å². The van der Waals surface area contributed by atoms with Crippen LogP contribution in [0.3, 0.4) is 0 Å². The van der Waals surface area contributed by atoms with E-state index in [1.54, 1.807) is 7.05 Å². The molecule has 0 unspecified atom stereocenters. The maximum Gasteiger partial charge on any atom is 0.221 e.